The molecular weight excluding hydrogens is 439 g/mol. The van der Waals surface area contributed by atoms with Crippen LogP contribution in [-0.4, -0.2) is 38.5 Å². The fraction of sp³-hybridized carbons (Fsp3) is 0.600. The third kappa shape index (κ3) is 8.38. The molecule has 5 nitrogen and oxygen atoms in total. The largest absolute Gasteiger partial charge is 0.356 e. The molecule has 0 unspecified atom stereocenters. The fourth-order valence-corrected chi connectivity index (χ4v) is 2.39. The Labute approximate surface area is 175 Å². The Balaban J connectivity index is 0.00000625. The van der Waals surface area contributed by atoms with E-state index in [1.54, 1.807) is 7.05 Å². The van der Waals surface area contributed by atoms with E-state index in [2.05, 4.69) is 66.0 Å². The van der Waals surface area contributed by atoms with Crippen molar-refractivity contribution >= 4 is 35.8 Å². The number of carbonyl (C=O) groups is 1. The monoisotopic (exact) mass is 474 g/mol. The van der Waals surface area contributed by atoms with Crippen molar-refractivity contribution in [3.8, 4) is 0 Å². The lowest BCUT2D eigenvalue weighted by Crippen LogP contribution is -2.45. The summed E-state index contributed by atoms with van der Waals surface area (Å²) in [6, 6.07) is 8.80. The second-order valence-electron chi connectivity index (χ2n) is 7.23. The molecule has 1 amide bonds. The van der Waals surface area contributed by atoms with E-state index in [1.165, 1.54) is 11.1 Å². The van der Waals surface area contributed by atoms with Gasteiger partial charge in [0.2, 0.25) is 5.91 Å². The standard InChI is InChI=1S/C20H34N4O.HI/c1-7-16-8-10-17(11-9-16)20(4,5)14-24-19(21-6)23-13-12-22-18(25)15(2)3;/h8-11,15H,7,12-14H2,1-6H3,(H,22,25)(H2,21,23,24);1H. The molecule has 0 aliphatic carbocycles. The van der Waals surface area contributed by atoms with Gasteiger partial charge in [-0.1, -0.05) is 58.9 Å². The van der Waals surface area contributed by atoms with E-state index in [4.69, 9.17) is 0 Å². The minimum Gasteiger partial charge on any atom is -0.356 e. The van der Waals surface area contributed by atoms with Gasteiger partial charge in [0.1, 0.15) is 0 Å². The fourth-order valence-electron chi connectivity index (χ4n) is 2.39. The molecule has 0 aromatic heterocycles. The zero-order valence-corrected chi connectivity index (χ0v) is 19.3. The molecule has 0 bridgehead atoms. The molecular formula is C20H35IN4O. The number of rotatable bonds is 8. The van der Waals surface area contributed by atoms with Crippen molar-refractivity contribution in [2.24, 2.45) is 10.9 Å². The molecule has 3 N–H and O–H groups in total. The molecule has 0 aliphatic heterocycles. The predicted octanol–water partition coefficient (Wildman–Crippen LogP) is 3.08. The van der Waals surface area contributed by atoms with E-state index < -0.39 is 0 Å². The first-order chi connectivity index (χ1) is 11.8. The van der Waals surface area contributed by atoms with Crippen molar-refractivity contribution in [1.82, 2.24) is 16.0 Å². The first kappa shape index (κ1) is 24.7. The number of nitrogens with zero attached hydrogens (tertiary/aromatic N) is 1. The maximum absolute atomic E-state index is 11.5. The van der Waals surface area contributed by atoms with Crippen LogP contribution in [0.3, 0.4) is 0 Å². The van der Waals surface area contributed by atoms with E-state index in [-0.39, 0.29) is 41.2 Å². The van der Waals surface area contributed by atoms with Crippen molar-refractivity contribution in [1.29, 1.82) is 0 Å². The van der Waals surface area contributed by atoms with Crippen LogP contribution in [0.1, 0.15) is 45.7 Å². The van der Waals surface area contributed by atoms with Gasteiger partial charge in [0.05, 0.1) is 0 Å². The van der Waals surface area contributed by atoms with E-state index in [0.29, 0.717) is 13.1 Å². The van der Waals surface area contributed by atoms with Gasteiger partial charge in [0, 0.05) is 38.0 Å². The molecule has 0 spiro atoms. The first-order valence-electron chi connectivity index (χ1n) is 9.11. The summed E-state index contributed by atoms with van der Waals surface area (Å²) < 4.78 is 0. The van der Waals surface area contributed by atoms with Gasteiger partial charge in [-0.05, 0) is 17.5 Å². The normalized spacial score (nSPS) is 11.7. The molecule has 0 atom stereocenters. The van der Waals surface area contributed by atoms with Crippen LogP contribution < -0.4 is 16.0 Å². The Morgan fingerprint density at radius 2 is 1.65 bits per heavy atom. The third-order valence-corrected chi connectivity index (χ3v) is 4.31. The maximum Gasteiger partial charge on any atom is 0.222 e. The zero-order chi connectivity index (χ0) is 18.9. The number of benzene rings is 1. The van der Waals surface area contributed by atoms with E-state index in [1.807, 2.05) is 13.8 Å². The lowest BCUT2D eigenvalue weighted by atomic mass is 9.84. The number of aliphatic imine (C=N–C) groups is 1. The number of hydrogen-bond donors (Lipinski definition) is 3. The number of guanidine groups is 1. The molecule has 0 fully saturated rings. The van der Waals surface area contributed by atoms with Gasteiger partial charge < -0.3 is 16.0 Å². The molecule has 0 heterocycles. The van der Waals surface area contributed by atoms with Gasteiger partial charge in [-0.15, -0.1) is 24.0 Å². The Morgan fingerprint density at radius 1 is 1.08 bits per heavy atom. The van der Waals surface area contributed by atoms with Crippen molar-refractivity contribution in [2.75, 3.05) is 26.7 Å². The number of carbonyl (C=O) groups excluding carboxylic acids is 1. The summed E-state index contributed by atoms with van der Waals surface area (Å²) in [4.78, 5) is 15.8. The Morgan fingerprint density at radius 3 is 2.15 bits per heavy atom. The summed E-state index contributed by atoms with van der Waals surface area (Å²) in [6.07, 6.45) is 1.06. The van der Waals surface area contributed by atoms with Crippen LogP contribution in [0.4, 0.5) is 0 Å². The van der Waals surface area contributed by atoms with Crippen LogP contribution in [0.5, 0.6) is 0 Å². The third-order valence-electron chi connectivity index (χ3n) is 4.31. The highest BCUT2D eigenvalue weighted by molar-refractivity contribution is 14.0. The summed E-state index contributed by atoms with van der Waals surface area (Å²) in [7, 11) is 1.76. The SMILES string of the molecule is CCc1ccc(C(C)(C)CNC(=NC)NCCNC(=O)C(C)C)cc1.I. The number of amides is 1. The predicted molar refractivity (Wildman–Crippen MR) is 121 cm³/mol. The second kappa shape index (κ2) is 12.1. The van der Waals surface area contributed by atoms with Crippen LogP contribution in [0.15, 0.2) is 29.3 Å². The number of nitrogens with one attached hydrogen (secondary N) is 3. The van der Waals surface area contributed by atoms with Gasteiger partial charge >= 0.3 is 0 Å². The molecule has 6 heteroatoms. The average Bonchev–Trinajstić information content (AvgIpc) is 2.60. The van der Waals surface area contributed by atoms with Gasteiger partial charge in [-0.2, -0.15) is 0 Å². The van der Waals surface area contributed by atoms with Crippen LogP contribution in [0.25, 0.3) is 0 Å². The van der Waals surface area contributed by atoms with Gasteiger partial charge in [-0.25, -0.2) is 0 Å². The van der Waals surface area contributed by atoms with Gasteiger partial charge in [-0.3, -0.25) is 9.79 Å². The first-order valence-corrected chi connectivity index (χ1v) is 9.11. The lowest BCUT2D eigenvalue weighted by Gasteiger charge is -2.27. The highest BCUT2D eigenvalue weighted by Crippen LogP contribution is 2.22. The molecule has 26 heavy (non-hydrogen) atoms. The summed E-state index contributed by atoms with van der Waals surface area (Å²) in [5, 5.41) is 9.49. The van der Waals surface area contributed by atoms with E-state index >= 15 is 0 Å². The quantitative estimate of drug-likeness (QED) is 0.235. The number of aryl methyl sites for hydroxylation is 1. The number of halogens is 1. The topological polar surface area (TPSA) is 65.5 Å². The van der Waals surface area contributed by atoms with Crippen molar-refractivity contribution in [3.63, 3.8) is 0 Å². The van der Waals surface area contributed by atoms with Crippen molar-refractivity contribution in [2.45, 2.75) is 46.5 Å². The molecule has 148 valence electrons. The molecule has 0 saturated carbocycles. The Hall–Kier alpha value is -1.31. The Kier molecular flexibility index (Phi) is 11.5. The van der Waals surface area contributed by atoms with Crippen LogP contribution in [-0.2, 0) is 16.6 Å². The molecule has 1 aromatic carbocycles. The van der Waals surface area contributed by atoms with Crippen molar-refractivity contribution < 1.29 is 4.79 Å². The zero-order valence-electron chi connectivity index (χ0n) is 17.0. The number of hydrogen-bond acceptors (Lipinski definition) is 2. The molecule has 0 radical (unpaired) electrons. The van der Waals surface area contributed by atoms with Gasteiger partial charge in [0.15, 0.2) is 5.96 Å². The van der Waals surface area contributed by atoms with Gasteiger partial charge in [0.25, 0.3) is 0 Å². The van der Waals surface area contributed by atoms with Crippen LogP contribution in [0, 0.1) is 5.92 Å². The highest BCUT2D eigenvalue weighted by Gasteiger charge is 2.20. The minimum absolute atomic E-state index is 0. The van der Waals surface area contributed by atoms with Crippen LogP contribution >= 0.6 is 24.0 Å². The smallest absolute Gasteiger partial charge is 0.222 e. The average molecular weight is 474 g/mol. The summed E-state index contributed by atoms with van der Waals surface area (Å²) in [5.41, 5.74) is 2.65. The Bertz CT molecular complexity index is 568. The molecule has 1 aromatic rings. The molecule has 0 aliphatic rings. The van der Waals surface area contributed by atoms with Crippen molar-refractivity contribution in [3.05, 3.63) is 35.4 Å². The molecule has 0 saturated heterocycles. The summed E-state index contributed by atoms with van der Waals surface area (Å²) in [5.74, 6) is 0.829. The van der Waals surface area contributed by atoms with Crippen LogP contribution in [0.2, 0.25) is 0 Å². The summed E-state index contributed by atoms with van der Waals surface area (Å²) >= 11 is 0. The highest BCUT2D eigenvalue weighted by atomic mass is 127. The minimum atomic E-state index is -0.00422. The lowest BCUT2D eigenvalue weighted by molar-refractivity contribution is -0.123. The summed E-state index contributed by atoms with van der Waals surface area (Å²) in [6.45, 7) is 12.4. The maximum atomic E-state index is 11.5. The van der Waals surface area contributed by atoms with E-state index in [0.717, 1.165) is 18.9 Å². The molecule has 1 rings (SSSR count). The van der Waals surface area contributed by atoms with E-state index in [9.17, 15) is 4.79 Å². The second-order valence-corrected chi connectivity index (χ2v) is 7.23.